The van der Waals surface area contributed by atoms with E-state index in [0.29, 0.717) is 6.07 Å². The van der Waals surface area contributed by atoms with E-state index in [1.54, 1.807) is 0 Å². The summed E-state index contributed by atoms with van der Waals surface area (Å²) in [6.45, 7) is 0. The Morgan fingerprint density at radius 3 is 2.46 bits per heavy atom. The fourth-order valence-electron chi connectivity index (χ4n) is 2.26. The molecule has 0 amide bonds. The van der Waals surface area contributed by atoms with Crippen molar-refractivity contribution in [3.05, 3.63) is 52.8 Å². The fraction of sp³-hybridized carbons (Fsp3) is 0.0769. The van der Waals surface area contributed by atoms with Gasteiger partial charge in [0.25, 0.3) is 15.7 Å². The van der Waals surface area contributed by atoms with Crippen molar-refractivity contribution >= 4 is 21.0 Å². The number of pyridine rings is 1. The Kier molecular flexibility index (Phi) is 3.49. The van der Waals surface area contributed by atoms with Crippen molar-refractivity contribution in [1.29, 1.82) is 0 Å². The first kappa shape index (κ1) is 16.2. The smallest absolute Gasteiger partial charge is 0.321 e. The second-order valence-electron chi connectivity index (χ2n) is 4.86. The average Bonchev–Trinajstić information content (AvgIpc) is 2.97. The van der Waals surface area contributed by atoms with E-state index >= 15 is 0 Å². The number of hydrogen-bond acceptors (Lipinski definition) is 4. The van der Waals surface area contributed by atoms with E-state index in [1.165, 1.54) is 12.4 Å². The SMILES string of the molecule is O=c1[nH]c2cc(C(F)(F)F)c(-n3ccnc3)cc2cc1S(=O)(=O)O. The molecule has 0 spiro atoms. The topological polar surface area (TPSA) is 105 Å². The van der Waals surface area contributed by atoms with E-state index in [9.17, 15) is 26.4 Å². The Labute approximate surface area is 132 Å². The number of benzene rings is 1. The first-order valence-electron chi connectivity index (χ1n) is 6.31. The molecule has 0 aliphatic carbocycles. The molecular formula is C13H8F3N3O4S. The van der Waals surface area contributed by atoms with Crippen LogP contribution in [0.2, 0.25) is 0 Å². The van der Waals surface area contributed by atoms with Gasteiger partial charge >= 0.3 is 6.18 Å². The second-order valence-corrected chi connectivity index (χ2v) is 6.25. The van der Waals surface area contributed by atoms with Crippen LogP contribution in [0.15, 0.2) is 46.6 Å². The highest BCUT2D eigenvalue weighted by Gasteiger charge is 2.34. The summed E-state index contributed by atoms with van der Waals surface area (Å²) in [7, 11) is -4.82. The van der Waals surface area contributed by atoms with Gasteiger partial charge in [0.05, 0.1) is 17.6 Å². The number of H-pyrrole nitrogens is 1. The molecule has 126 valence electrons. The Balaban J connectivity index is 2.41. The van der Waals surface area contributed by atoms with Crippen molar-refractivity contribution in [1.82, 2.24) is 14.5 Å². The molecule has 3 aromatic rings. The molecule has 1 aromatic carbocycles. The highest BCUT2D eigenvalue weighted by Crippen LogP contribution is 2.36. The molecule has 0 radical (unpaired) electrons. The number of fused-ring (bicyclic) bond motifs is 1. The van der Waals surface area contributed by atoms with Crippen molar-refractivity contribution in [2.24, 2.45) is 0 Å². The van der Waals surface area contributed by atoms with Crippen molar-refractivity contribution < 1.29 is 26.1 Å². The normalized spacial score (nSPS) is 12.7. The van der Waals surface area contributed by atoms with Gasteiger partial charge in [-0.25, -0.2) is 4.98 Å². The van der Waals surface area contributed by atoms with Crippen molar-refractivity contribution in [3.63, 3.8) is 0 Å². The van der Waals surface area contributed by atoms with Crippen LogP contribution in [-0.4, -0.2) is 27.5 Å². The maximum Gasteiger partial charge on any atom is 0.418 e. The molecule has 3 rings (SSSR count). The lowest BCUT2D eigenvalue weighted by Crippen LogP contribution is -2.17. The summed E-state index contributed by atoms with van der Waals surface area (Å²) < 4.78 is 72.3. The molecule has 0 aliphatic rings. The zero-order chi connectivity index (χ0) is 17.7. The molecule has 7 nitrogen and oxygen atoms in total. The zero-order valence-electron chi connectivity index (χ0n) is 11.6. The van der Waals surface area contributed by atoms with Gasteiger partial charge in [-0.1, -0.05) is 0 Å². The molecule has 0 atom stereocenters. The average molecular weight is 359 g/mol. The van der Waals surface area contributed by atoms with E-state index in [4.69, 9.17) is 4.55 Å². The summed E-state index contributed by atoms with van der Waals surface area (Å²) in [6.07, 6.45) is -1.01. The number of aromatic amines is 1. The number of alkyl halides is 3. The molecule has 0 aliphatic heterocycles. The summed E-state index contributed by atoms with van der Waals surface area (Å²) in [4.78, 5) is 16.4. The Hall–Kier alpha value is -2.66. The van der Waals surface area contributed by atoms with Crippen LogP contribution >= 0.6 is 0 Å². The summed E-state index contributed by atoms with van der Waals surface area (Å²) >= 11 is 0. The Bertz CT molecular complexity index is 1090. The quantitative estimate of drug-likeness (QED) is 0.681. The van der Waals surface area contributed by atoms with Gasteiger partial charge in [-0.2, -0.15) is 21.6 Å². The van der Waals surface area contributed by atoms with Crippen LogP contribution < -0.4 is 5.56 Å². The Morgan fingerprint density at radius 1 is 1.21 bits per heavy atom. The van der Waals surface area contributed by atoms with Gasteiger partial charge in [-0.3, -0.25) is 9.35 Å². The van der Waals surface area contributed by atoms with Crippen LogP contribution in [0.4, 0.5) is 13.2 Å². The third-order valence-electron chi connectivity index (χ3n) is 3.29. The molecule has 0 bridgehead atoms. The number of aromatic nitrogens is 3. The number of nitrogens with zero attached hydrogens (tertiary/aromatic N) is 2. The zero-order valence-corrected chi connectivity index (χ0v) is 12.4. The highest BCUT2D eigenvalue weighted by atomic mass is 32.2. The van der Waals surface area contributed by atoms with Gasteiger partial charge < -0.3 is 9.55 Å². The monoisotopic (exact) mass is 359 g/mol. The summed E-state index contributed by atoms with van der Waals surface area (Å²) in [5.41, 5.74) is -2.78. The minimum atomic E-state index is -4.82. The van der Waals surface area contributed by atoms with Crippen LogP contribution in [0.3, 0.4) is 0 Å². The van der Waals surface area contributed by atoms with E-state index in [-0.39, 0.29) is 16.6 Å². The van der Waals surface area contributed by atoms with Gasteiger partial charge in [-0.05, 0) is 18.2 Å². The molecule has 0 saturated heterocycles. The summed E-state index contributed by atoms with van der Waals surface area (Å²) in [5.74, 6) is 0. The molecule has 11 heteroatoms. The maximum absolute atomic E-state index is 13.3. The second kappa shape index (κ2) is 5.18. The number of hydrogen-bond donors (Lipinski definition) is 2. The van der Waals surface area contributed by atoms with Crippen LogP contribution in [0.1, 0.15) is 5.56 Å². The minimum absolute atomic E-state index is 0.000995. The first-order valence-corrected chi connectivity index (χ1v) is 7.75. The van der Waals surface area contributed by atoms with Gasteiger partial charge in [0.2, 0.25) is 0 Å². The maximum atomic E-state index is 13.3. The van der Waals surface area contributed by atoms with Crippen LogP contribution in [0.5, 0.6) is 0 Å². The van der Waals surface area contributed by atoms with Crippen LogP contribution in [-0.2, 0) is 16.3 Å². The summed E-state index contributed by atoms with van der Waals surface area (Å²) in [5, 5.41) is -0.000995. The van der Waals surface area contributed by atoms with Crippen molar-refractivity contribution in [2.45, 2.75) is 11.1 Å². The molecule has 24 heavy (non-hydrogen) atoms. The van der Waals surface area contributed by atoms with E-state index in [2.05, 4.69) is 4.98 Å². The highest BCUT2D eigenvalue weighted by molar-refractivity contribution is 7.85. The van der Waals surface area contributed by atoms with Crippen LogP contribution in [0.25, 0.3) is 16.6 Å². The lowest BCUT2D eigenvalue weighted by molar-refractivity contribution is -0.137. The predicted octanol–water partition coefficient (Wildman–Crippen LogP) is 1.98. The standard InChI is InChI=1S/C13H8F3N3O4S/c14-13(15,16)8-5-9-7(3-10(8)19-2-1-17-6-19)4-11(12(20)18-9)24(21,22)23/h1-6H,(H,18,20)(H,21,22,23). The number of imidazole rings is 1. The minimum Gasteiger partial charge on any atom is -0.321 e. The first-order chi connectivity index (χ1) is 11.1. The third-order valence-corrected chi connectivity index (χ3v) is 4.15. The van der Waals surface area contributed by atoms with Gasteiger partial charge in [0, 0.05) is 23.3 Å². The number of rotatable bonds is 2. The molecule has 2 heterocycles. The molecule has 0 fully saturated rings. The van der Waals surface area contributed by atoms with Crippen LogP contribution in [0, 0.1) is 0 Å². The van der Waals surface area contributed by atoms with Gasteiger partial charge in [0.15, 0.2) is 4.90 Å². The molecule has 2 aromatic heterocycles. The Morgan fingerprint density at radius 2 is 1.92 bits per heavy atom. The third kappa shape index (κ3) is 2.78. The summed E-state index contributed by atoms with van der Waals surface area (Å²) in [6, 6.07) is 2.55. The van der Waals surface area contributed by atoms with Crippen molar-refractivity contribution in [3.8, 4) is 5.69 Å². The fourth-order valence-corrected chi connectivity index (χ4v) is 2.82. The van der Waals surface area contributed by atoms with Gasteiger partial charge in [-0.15, -0.1) is 0 Å². The molecule has 0 saturated carbocycles. The molecule has 2 N–H and O–H groups in total. The van der Waals surface area contributed by atoms with Gasteiger partial charge in [0.1, 0.15) is 0 Å². The lowest BCUT2D eigenvalue weighted by atomic mass is 10.1. The van der Waals surface area contributed by atoms with E-state index < -0.39 is 32.3 Å². The predicted molar refractivity (Wildman–Crippen MR) is 76.5 cm³/mol. The van der Waals surface area contributed by atoms with E-state index in [1.807, 2.05) is 4.98 Å². The van der Waals surface area contributed by atoms with E-state index in [0.717, 1.165) is 23.0 Å². The lowest BCUT2D eigenvalue weighted by Gasteiger charge is -2.15. The largest absolute Gasteiger partial charge is 0.418 e. The number of nitrogens with one attached hydrogen (secondary N) is 1. The molecule has 0 unspecified atom stereocenters. The number of halogens is 3. The molecular weight excluding hydrogens is 351 g/mol. The van der Waals surface area contributed by atoms with Crippen molar-refractivity contribution in [2.75, 3.05) is 0 Å².